The number of aliphatic hydroxyl groups excluding tert-OH is 6. The highest BCUT2D eigenvalue weighted by atomic mass is 35.5. The fourth-order valence-electron chi connectivity index (χ4n) is 13.4. The number of aromatic hydroxyl groups is 3. The fraction of sp³-hybridized carbons (Fsp3) is 0.389. The maximum Gasteiger partial charge on any atom is 0.330 e. The first kappa shape index (κ1) is 76.8. The number of ether oxygens (including phenoxy) is 6. The third kappa shape index (κ3) is 16.1. The molecule has 0 aliphatic carbocycles. The standard InChI is InChI=1S/C72H80ClN9O24/c1-28(2)17-40(76-5)64(93)81-55-57(88)32-12-15-44(36(19-32)30-9-7-6-8-10-30)102-46-21-34-22-47(61(46)106-71-62(60(91)59(90)48(27-83)104-71)105-50-26-72(4,75)63(92)29(3)101-50)103-45-16-13-33(20-39(45)73)58(89)56-69(98)80-54(70(99)100)38-23-35(84)24-43(86)51(38)37-18-31(11-14-42(37)85)52(66(95)82-56)79-67(96)53(34)78-65(94)41(25-49(74)87)77-68(55)97/h6-16,18-24,28-29,40-41,48,50,52-60,62-63,71,76,83-86,88-92H,17,25-27,75H2,1-5H3,(H2,74,87)(H,77,97)(H,78,94)(H,79,96)(H,80,98)(H,81,93)(H,82,95)(H,99,100)/t29-,40+,41-,48+,50-,52+,53+,54-,55+,56-,57+,58+,59+,60-,62+,63+,71-,72-/m0/s1. The number of hydrogen-bond donors (Lipinski definition) is 19. The van der Waals surface area contributed by atoms with Crippen molar-refractivity contribution in [3.8, 4) is 68.2 Å². The number of halogens is 1. The molecule has 13 rings (SSSR count). The van der Waals surface area contributed by atoms with Crippen molar-refractivity contribution in [2.45, 2.75) is 156 Å². The number of nitrogens with one attached hydrogen (secondary N) is 7. The number of nitrogens with two attached hydrogens (primary N) is 2. The van der Waals surface area contributed by atoms with Gasteiger partial charge < -0.3 is 128 Å². The zero-order chi connectivity index (χ0) is 76.7. The molecule has 0 radical (unpaired) electrons. The molecule has 34 heteroatoms. The predicted molar refractivity (Wildman–Crippen MR) is 370 cm³/mol. The van der Waals surface area contributed by atoms with Gasteiger partial charge in [-0.25, -0.2) is 4.79 Å². The van der Waals surface area contributed by atoms with Crippen LogP contribution in [-0.4, -0.2) is 191 Å². The van der Waals surface area contributed by atoms with Crippen LogP contribution in [0.25, 0.3) is 22.3 Å². The molecular formula is C72H80ClN9O24. The first-order chi connectivity index (χ1) is 50.2. The molecule has 0 spiro atoms. The number of fused-ring (bicyclic) bond motifs is 15. The molecule has 2 fully saturated rings. The second-order valence-electron chi connectivity index (χ2n) is 27.1. The highest BCUT2D eigenvalue weighted by Gasteiger charge is 2.52. The molecule has 7 heterocycles. The van der Waals surface area contributed by atoms with Gasteiger partial charge in [0.25, 0.3) is 0 Å². The molecular weight excluding hydrogens is 1410 g/mol. The van der Waals surface area contributed by atoms with Gasteiger partial charge in [-0.3, -0.25) is 33.6 Å². The molecule has 7 amide bonds. The van der Waals surface area contributed by atoms with Crippen molar-refractivity contribution < 1.29 is 118 Å². The van der Waals surface area contributed by atoms with Crippen LogP contribution in [0.4, 0.5) is 0 Å². The molecule has 21 N–H and O–H groups in total. The number of carboxylic acid groups (broad SMARTS) is 1. The molecule has 6 aromatic rings. The Morgan fingerprint density at radius 2 is 1.33 bits per heavy atom. The van der Waals surface area contributed by atoms with Crippen LogP contribution in [-0.2, 0) is 52.6 Å². The predicted octanol–water partition coefficient (Wildman–Crippen LogP) is 1.12. The molecule has 106 heavy (non-hydrogen) atoms. The monoisotopic (exact) mass is 1490 g/mol. The first-order valence-corrected chi connectivity index (χ1v) is 34.0. The second-order valence-corrected chi connectivity index (χ2v) is 27.6. The van der Waals surface area contributed by atoms with E-state index in [1.54, 1.807) is 30.3 Å². The van der Waals surface area contributed by atoms with Gasteiger partial charge in [-0.1, -0.05) is 74.0 Å². The zero-order valence-corrected chi connectivity index (χ0v) is 58.1. The van der Waals surface area contributed by atoms with E-state index in [1.165, 1.54) is 39.1 Å². The lowest BCUT2D eigenvalue weighted by atomic mass is 9.86. The summed E-state index contributed by atoms with van der Waals surface area (Å²) in [5.41, 5.74) is 8.76. The number of aliphatic hydroxyl groups is 6. The highest BCUT2D eigenvalue weighted by Crippen LogP contribution is 2.50. The number of carbonyl (C=O) groups is 8. The van der Waals surface area contributed by atoms with E-state index in [2.05, 4.69) is 37.2 Å². The average molecular weight is 1490 g/mol. The number of amides is 7. The van der Waals surface area contributed by atoms with Crippen molar-refractivity contribution in [1.82, 2.24) is 37.2 Å². The lowest BCUT2D eigenvalue weighted by Crippen LogP contribution is -2.64. The van der Waals surface area contributed by atoms with Crippen molar-refractivity contribution in [3.05, 3.63) is 142 Å². The quantitative estimate of drug-likeness (QED) is 0.0726. The molecule has 33 nitrogen and oxygen atoms in total. The molecule has 7 aliphatic rings. The smallest absolute Gasteiger partial charge is 0.330 e. The van der Waals surface area contributed by atoms with Crippen molar-refractivity contribution >= 4 is 58.9 Å². The Balaban J connectivity index is 1.20. The molecule has 6 aromatic carbocycles. The minimum Gasteiger partial charge on any atom is -0.508 e. The topological polar surface area (TPSA) is 530 Å². The maximum atomic E-state index is 16.2. The van der Waals surface area contributed by atoms with Gasteiger partial charge in [0.05, 0.1) is 36.3 Å². The Morgan fingerprint density at radius 3 is 1.97 bits per heavy atom. The largest absolute Gasteiger partial charge is 0.508 e. The second kappa shape index (κ2) is 31.4. The number of carbonyl (C=O) groups excluding carboxylic acids is 7. The number of carboxylic acids is 1. The van der Waals surface area contributed by atoms with Gasteiger partial charge in [-0.15, -0.1) is 0 Å². The molecule has 0 unspecified atom stereocenters. The Bertz CT molecular complexity index is 4400. The summed E-state index contributed by atoms with van der Waals surface area (Å²) in [5, 5.41) is 132. The van der Waals surface area contributed by atoms with Crippen LogP contribution in [0.3, 0.4) is 0 Å². The SMILES string of the molecule is CN[C@H](CC(C)C)C(=O)N[C@H]1C(=O)N[C@@H](CC(N)=O)C(=O)N[C@H]2C(=O)N[C@H]3C(=O)N[C@H](C(=O)N[C@H](C(=O)O)c4cc(O)cc(O)c4-c4cc3ccc4O)[C@H](O)c3ccc(c(Cl)c3)Oc3cc2cc(c3O[C@@H]2O[C@H](CO)[C@@H](O)[C@H](O)[C@H]2O[C@H]2C[C@](C)(N)[C@H](O)[C@H](C)O2)Oc2ccc(cc2-c2ccccc2)[C@H]1O. The Labute approximate surface area is 609 Å². The molecule has 0 saturated carbocycles. The van der Waals surface area contributed by atoms with E-state index in [0.717, 1.165) is 60.7 Å². The third-order valence-electron chi connectivity index (χ3n) is 18.9. The van der Waals surface area contributed by atoms with E-state index in [9.17, 15) is 70.2 Å². The molecule has 564 valence electrons. The number of primary amides is 1. The van der Waals surface area contributed by atoms with Gasteiger partial charge in [0.1, 0.15) is 89.5 Å². The average Bonchev–Trinajstić information content (AvgIpc) is 0.766. The minimum atomic E-state index is -2.34. The summed E-state index contributed by atoms with van der Waals surface area (Å²) in [7, 11) is 1.49. The summed E-state index contributed by atoms with van der Waals surface area (Å²) in [6, 6.07) is 8.35. The van der Waals surface area contributed by atoms with Crippen LogP contribution in [0.5, 0.6) is 46.0 Å². The fourth-order valence-corrected chi connectivity index (χ4v) is 13.6. The molecule has 7 aliphatic heterocycles. The van der Waals surface area contributed by atoms with Gasteiger partial charge in [0, 0.05) is 40.3 Å². The summed E-state index contributed by atoms with van der Waals surface area (Å²) < 4.78 is 39.2. The number of likely N-dealkylation sites (N-methyl/N-ethyl adjacent to an activating group) is 1. The van der Waals surface area contributed by atoms with Crippen LogP contribution in [0.2, 0.25) is 5.02 Å². The summed E-state index contributed by atoms with van der Waals surface area (Å²) in [4.78, 5) is 118. The summed E-state index contributed by atoms with van der Waals surface area (Å²) in [5.74, 6) is -15.5. The molecule has 2 saturated heterocycles. The van der Waals surface area contributed by atoms with Gasteiger partial charge in [0.15, 0.2) is 29.9 Å². The molecule has 0 aromatic heterocycles. The Hall–Kier alpha value is -10.3. The van der Waals surface area contributed by atoms with Gasteiger partial charge in [0.2, 0.25) is 53.4 Å². The van der Waals surface area contributed by atoms with E-state index < -0.39 is 231 Å². The first-order valence-electron chi connectivity index (χ1n) is 33.6. The Kier molecular flexibility index (Phi) is 22.8. The van der Waals surface area contributed by atoms with Gasteiger partial charge >= 0.3 is 5.97 Å². The van der Waals surface area contributed by atoms with E-state index in [0.29, 0.717) is 5.56 Å². The van der Waals surface area contributed by atoms with Crippen LogP contribution in [0.15, 0.2) is 109 Å². The van der Waals surface area contributed by atoms with E-state index in [1.807, 2.05) is 13.8 Å². The lowest BCUT2D eigenvalue weighted by Gasteiger charge is -2.47. The number of benzene rings is 6. The zero-order valence-electron chi connectivity index (χ0n) is 57.3. The molecule has 18 atom stereocenters. The van der Waals surface area contributed by atoms with E-state index in [4.69, 9.17) is 51.5 Å². The lowest BCUT2D eigenvalue weighted by molar-refractivity contribution is -0.333. The van der Waals surface area contributed by atoms with Gasteiger partial charge in [-0.05, 0) is 116 Å². The van der Waals surface area contributed by atoms with Crippen molar-refractivity contribution in [2.75, 3.05) is 13.7 Å². The number of hydrogen-bond acceptors (Lipinski definition) is 25. The third-order valence-corrected chi connectivity index (χ3v) is 19.2. The molecule has 11 bridgehead atoms. The van der Waals surface area contributed by atoms with Gasteiger partial charge in [-0.2, -0.15) is 0 Å². The number of aliphatic carboxylic acids is 1. The highest BCUT2D eigenvalue weighted by molar-refractivity contribution is 6.32. The van der Waals surface area contributed by atoms with Crippen LogP contribution < -0.4 is 62.9 Å². The maximum absolute atomic E-state index is 16.2. The van der Waals surface area contributed by atoms with Crippen LogP contribution in [0.1, 0.15) is 105 Å². The van der Waals surface area contributed by atoms with Crippen molar-refractivity contribution in [2.24, 2.45) is 17.4 Å². The number of phenols is 3. The number of phenolic OH excluding ortho intramolecular Hbond substituents is 3. The number of rotatable bonds is 14. The van der Waals surface area contributed by atoms with Crippen molar-refractivity contribution in [1.29, 1.82) is 0 Å². The normalized spacial score (nSPS) is 28.6. The van der Waals surface area contributed by atoms with E-state index >= 15 is 19.2 Å². The van der Waals surface area contributed by atoms with E-state index in [-0.39, 0.29) is 52.5 Å². The summed E-state index contributed by atoms with van der Waals surface area (Å²) in [6.45, 7) is 5.72. The van der Waals surface area contributed by atoms with Crippen LogP contribution >= 0.6 is 11.6 Å². The van der Waals surface area contributed by atoms with Crippen molar-refractivity contribution in [3.63, 3.8) is 0 Å². The Morgan fingerprint density at radius 1 is 0.698 bits per heavy atom. The van der Waals surface area contributed by atoms with Crippen LogP contribution in [0, 0.1) is 5.92 Å². The minimum absolute atomic E-state index is 0.0615. The summed E-state index contributed by atoms with van der Waals surface area (Å²) in [6.07, 6.45) is -18.5. The summed E-state index contributed by atoms with van der Waals surface area (Å²) >= 11 is 7.13.